The van der Waals surface area contributed by atoms with Crippen molar-refractivity contribution in [2.24, 2.45) is 0 Å². The van der Waals surface area contributed by atoms with Gasteiger partial charge in [-0.1, -0.05) is 48.6 Å². The van der Waals surface area contributed by atoms with Crippen molar-refractivity contribution in [1.29, 1.82) is 0 Å². The van der Waals surface area contributed by atoms with Crippen LogP contribution in [0.2, 0.25) is 0 Å². The number of benzene rings is 1. The summed E-state index contributed by atoms with van der Waals surface area (Å²) in [6.45, 7) is 0. The lowest BCUT2D eigenvalue weighted by atomic mass is 9.92. The van der Waals surface area contributed by atoms with Gasteiger partial charge < -0.3 is 5.32 Å². The summed E-state index contributed by atoms with van der Waals surface area (Å²) in [5, 5.41) is 3.34. The van der Waals surface area contributed by atoms with Gasteiger partial charge in [-0.15, -0.1) is 0 Å². The smallest absolute Gasteiger partial charge is 0.0450 e. The molecule has 0 fully saturated rings. The highest BCUT2D eigenvalue weighted by Crippen LogP contribution is 2.41. The van der Waals surface area contributed by atoms with E-state index in [0.717, 1.165) is 12.1 Å². The van der Waals surface area contributed by atoms with Crippen LogP contribution in [0.4, 0.5) is 0 Å². The van der Waals surface area contributed by atoms with E-state index in [1.54, 1.807) is 0 Å². The molecule has 0 bridgehead atoms. The maximum absolute atomic E-state index is 3.34. The van der Waals surface area contributed by atoms with Gasteiger partial charge in [0.15, 0.2) is 0 Å². The normalized spacial score (nSPS) is 19.0. The molecule has 0 saturated carbocycles. The van der Waals surface area contributed by atoms with Crippen molar-refractivity contribution >= 4 is 11.6 Å². The minimum absolute atomic E-state index is 1.00. The third-order valence-electron chi connectivity index (χ3n) is 3.90. The summed E-state index contributed by atoms with van der Waals surface area (Å²) in [4.78, 5) is 0. The van der Waals surface area contributed by atoms with E-state index in [1.807, 2.05) is 18.4 Å². The van der Waals surface area contributed by atoms with Crippen molar-refractivity contribution < 1.29 is 0 Å². The summed E-state index contributed by atoms with van der Waals surface area (Å²) in [6, 6.07) is 8.62. The van der Waals surface area contributed by atoms with Crippen LogP contribution in [-0.2, 0) is 0 Å². The molecule has 0 radical (unpaired) electrons. The maximum Gasteiger partial charge on any atom is 0.0450 e. The van der Waals surface area contributed by atoms with Crippen LogP contribution in [0.15, 0.2) is 83.8 Å². The fourth-order valence-corrected chi connectivity index (χ4v) is 2.91. The summed E-state index contributed by atoms with van der Waals surface area (Å²) >= 11 is 0. The lowest BCUT2D eigenvalue weighted by molar-refractivity contribution is 1.07. The minimum Gasteiger partial charge on any atom is -0.361 e. The van der Waals surface area contributed by atoms with Gasteiger partial charge in [0, 0.05) is 11.9 Å². The highest BCUT2D eigenvalue weighted by molar-refractivity contribution is 5.96. The van der Waals surface area contributed by atoms with Gasteiger partial charge >= 0.3 is 0 Å². The van der Waals surface area contributed by atoms with E-state index in [2.05, 4.69) is 60.0 Å². The number of fused-ring (bicyclic) bond motifs is 3. The number of allylic oxidation sites excluding steroid dienone is 8. The molecule has 0 aromatic heterocycles. The zero-order valence-corrected chi connectivity index (χ0v) is 11.1. The fourth-order valence-electron chi connectivity index (χ4n) is 2.91. The Kier molecular flexibility index (Phi) is 2.56. The van der Waals surface area contributed by atoms with Gasteiger partial charge in [0.2, 0.25) is 0 Å². The minimum atomic E-state index is 1.00. The second kappa shape index (κ2) is 4.53. The van der Waals surface area contributed by atoms with E-state index in [9.17, 15) is 0 Å². The molecule has 4 rings (SSSR count). The molecule has 0 unspecified atom stereocenters. The van der Waals surface area contributed by atoms with Crippen molar-refractivity contribution in [3.8, 4) is 0 Å². The molecule has 1 aromatic rings. The summed E-state index contributed by atoms with van der Waals surface area (Å²) < 4.78 is 0. The third kappa shape index (κ3) is 1.79. The summed E-state index contributed by atoms with van der Waals surface area (Å²) in [6.07, 6.45) is 18.1. The van der Waals surface area contributed by atoms with Crippen molar-refractivity contribution in [3.05, 3.63) is 94.9 Å². The molecular formula is C19H15N. The Morgan fingerprint density at radius 2 is 1.90 bits per heavy atom. The number of hydrogen-bond acceptors (Lipinski definition) is 1. The predicted octanol–water partition coefficient (Wildman–Crippen LogP) is 4.35. The highest BCUT2D eigenvalue weighted by Gasteiger charge is 2.21. The second-order valence-electron chi connectivity index (χ2n) is 5.15. The molecule has 1 heterocycles. The van der Waals surface area contributed by atoms with Crippen LogP contribution >= 0.6 is 0 Å². The van der Waals surface area contributed by atoms with E-state index >= 15 is 0 Å². The first-order chi connectivity index (χ1) is 9.92. The Bertz CT molecular complexity index is 752. The quantitative estimate of drug-likeness (QED) is 0.788. The van der Waals surface area contributed by atoms with Gasteiger partial charge in [-0.05, 0) is 52.5 Å². The van der Waals surface area contributed by atoms with E-state index in [0.29, 0.717) is 0 Å². The van der Waals surface area contributed by atoms with E-state index in [1.165, 1.54) is 27.8 Å². The summed E-state index contributed by atoms with van der Waals surface area (Å²) in [7, 11) is 0. The average molecular weight is 257 g/mol. The third-order valence-corrected chi connectivity index (χ3v) is 3.90. The van der Waals surface area contributed by atoms with Gasteiger partial charge in [0.05, 0.1) is 0 Å². The second-order valence-corrected chi connectivity index (χ2v) is 5.15. The van der Waals surface area contributed by atoms with Gasteiger partial charge in [-0.3, -0.25) is 0 Å². The number of rotatable bonds is 1. The monoisotopic (exact) mass is 257 g/mol. The van der Waals surface area contributed by atoms with E-state index in [-0.39, 0.29) is 0 Å². The largest absolute Gasteiger partial charge is 0.361 e. The van der Waals surface area contributed by atoms with Crippen molar-refractivity contribution in [1.82, 2.24) is 5.32 Å². The first kappa shape index (κ1) is 11.3. The molecule has 1 nitrogen and oxygen atoms in total. The van der Waals surface area contributed by atoms with Gasteiger partial charge in [-0.2, -0.15) is 0 Å². The zero-order valence-electron chi connectivity index (χ0n) is 11.1. The lowest BCUT2D eigenvalue weighted by Crippen LogP contribution is -2.07. The van der Waals surface area contributed by atoms with Gasteiger partial charge in [0.1, 0.15) is 0 Å². The average Bonchev–Trinajstić information content (AvgIpc) is 2.67. The number of nitrogens with one attached hydrogen (secondary N) is 1. The molecule has 0 saturated heterocycles. The van der Waals surface area contributed by atoms with Crippen molar-refractivity contribution in [3.63, 3.8) is 0 Å². The standard InChI is InChI=1S/C19H15N/c1-2-8-19(20-11-5-1)16-10-9-15-12-14-6-3-4-7-17(14)18(15)13-16/h1-8,10-13,20H,9H2. The van der Waals surface area contributed by atoms with Gasteiger partial charge in [0.25, 0.3) is 0 Å². The van der Waals surface area contributed by atoms with Gasteiger partial charge in [-0.25, -0.2) is 0 Å². The van der Waals surface area contributed by atoms with Crippen molar-refractivity contribution in [2.45, 2.75) is 6.42 Å². The maximum atomic E-state index is 3.34. The molecule has 1 heteroatoms. The zero-order chi connectivity index (χ0) is 13.4. The van der Waals surface area contributed by atoms with E-state index < -0.39 is 0 Å². The molecule has 0 atom stereocenters. The Morgan fingerprint density at radius 1 is 0.950 bits per heavy atom. The Morgan fingerprint density at radius 3 is 2.90 bits per heavy atom. The molecule has 0 amide bonds. The van der Waals surface area contributed by atoms with Crippen LogP contribution in [0.3, 0.4) is 0 Å². The SMILES string of the molecule is C1=CC=C(C2=CCC3=Cc4ccccc4C3=C2)NC=C1. The van der Waals surface area contributed by atoms with Crippen LogP contribution in [-0.4, -0.2) is 0 Å². The molecule has 2 aliphatic carbocycles. The van der Waals surface area contributed by atoms with Crippen LogP contribution in [0.5, 0.6) is 0 Å². The summed E-state index contributed by atoms with van der Waals surface area (Å²) in [5.74, 6) is 0. The fraction of sp³-hybridized carbons (Fsp3) is 0.0526. The number of hydrogen-bond donors (Lipinski definition) is 1. The summed E-state index contributed by atoms with van der Waals surface area (Å²) in [5.41, 5.74) is 7.92. The Balaban J connectivity index is 1.76. The van der Waals surface area contributed by atoms with Crippen molar-refractivity contribution in [2.75, 3.05) is 0 Å². The molecule has 3 aliphatic rings. The lowest BCUT2D eigenvalue weighted by Gasteiger charge is -2.16. The Hall–Kier alpha value is -2.54. The van der Waals surface area contributed by atoms with Crippen LogP contribution < -0.4 is 5.32 Å². The molecule has 1 N–H and O–H groups in total. The highest BCUT2D eigenvalue weighted by atomic mass is 14.8. The molecule has 1 aliphatic heterocycles. The predicted molar refractivity (Wildman–Crippen MR) is 84.6 cm³/mol. The first-order valence-electron chi connectivity index (χ1n) is 6.94. The van der Waals surface area contributed by atoms with Crippen LogP contribution in [0.25, 0.3) is 11.6 Å². The Labute approximate surface area is 119 Å². The van der Waals surface area contributed by atoms with Crippen LogP contribution in [0.1, 0.15) is 17.5 Å². The molecule has 0 spiro atoms. The molecule has 96 valence electrons. The van der Waals surface area contributed by atoms with Crippen LogP contribution in [0, 0.1) is 0 Å². The first-order valence-corrected chi connectivity index (χ1v) is 6.94. The molecule has 1 aromatic carbocycles. The topological polar surface area (TPSA) is 12.0 Å². The molecular weight excluding hydrogens is 242 g/mol. The van der Waals surface area contributed by atoms with E-state index in [4.69, 9.17) is 0 Å². The molecule has 20 heavy (non-hydrogen) atoms.